The average molecular weight is 333 g/mol. The van der Waals surface area contributed by atoms with Crippen LogP contribution in [0.25, 0.3) is 0 Å². The fourth-order valence-corrected chi connectivity index (χ4v) is 3.44. The lowest BCUT2D eigenvalue weighted by molar-refractivity contribution is 0.0413. The van der Waals surface area contributed by atoms with Crippen LogP contribution < -0.4 is 4.90 Å². The minimum atomic E-state index is 0.103. The molecule has 1 atom stereocenters. The number of rotatable bonds is 2. The van der Waals surface area contributed by atoms with Crippen molar-refractivity contribution < 1.29 is 9.53 Å². The van der Waals surface area contributed by atoms with Gasteiger partial charge in [-0.15, -0.1) is 0 Å². The first-order valence-corrected chi connectivity index (χ1v) is 8.71. The third kappa shape index (κ3) is 3.77. The van der Waals surface area contributed by atoms with Crippen molar-refractivity contribution in [3.05, 3.63) is 17.5 Å². The smallest absolute Gasteiger partial charge is 0.320 e. The van der Waals surface area contributed by atoms with Gasteiger partial charge in [-0.3, -0.25) is 0 Å². The van der Waals surface area contributed by atoms with Crippen molar-refractivity contribution in [2.24, 2.45) is 0 Å². The molecular formula is C17H27N5O2. The van der Waals surface area contributed by atoms with E-state index in [-0.39, 0.29) is 12.1 Å². The van der Waals surface area contributed by atoms with E-state index in [1.165, 1.54) is 0 Å². The first-order chi connectivity index (χ1) is 11.5. The number of hydrogen-bond donors (Lipinski definition) is 0. The number of likely N-dealkylation sites (N-methyl/N-ethyl adjacent to an activating group) is 1. The molecule has 3 rings (SSSR count). The quantitative estimate of drug-likeness (QED) is 0.820. The molecule has 0 radical (unpaired) electrons. The molecule has 2 saturated heterocycles. The Hall–Kier alpha value is -1.89. The third-order valence-electron chi connectivity index (χ3n) is 4.78. The molecular weight excluding hydrogens is 306 g/mol. The Bertz CT molecular complexity index is 568. The van der Waals surface area contributed by atoms with Crippen molar-refractivity contribution in [1.82, 2.24) is 19.8 Å². The highest BCUT2D eigenvalue weighted by Gasteiger charge is 2.30. The minimum absolute atomic E-state index is 0.103. The van der Waals surface area contributed by atoms with Crippen molar-refractivity contribution >= 4 is 12.0 Å². The highest BCUT2D eigenvalue weighted by molar-refractivity contribution is 5.74. The van der Waals surface area contributed by atoms with Gasteiger partial charge >= 0.3 is 6.03 Å². The number of aryl methyl sites for hydroxylation is 2. The predicted octanol–water partition coefficient (Wildman–Crippen LogP) is 1.45. The first kappa shape index (κ1) is 17.0. The van der Waals surface area contributed by atoms with Crippen LogP contribution in [-0.4, -0.2) is 78.3 Å². The van der Waals surface area contributed by atoms with Crippen molar-refractivity contribution in [3.63, 3.8) is 0 Å². The van der Waals surface area contributed by atoms with Crippen LogP contribution in [0.15, 0.2) is 6.07 Å². The zero-order chi connectivity index (χ0) is 17.1. The zero-order valence-corrected chi connectivity index (χ0v) is 14.9. The molecule has 2 amide bonds. The van der Waals surface area contributed by atoms with Gasteiger partial charge in [-0.25, -0.2) is 14.8 Å². The molecule has 2 fully saturated rings. The number of anilines is 1. The molecule has 7 nitrogen and oxygen atoms in total. The molecule has 0 aromatic carbocycles. The Balaban J connectivity index is 1.67. The largest absolute Gasteiger partial charge is 0.378 e. The highest BCUT2D eigenvalue weighted by Crippen LogP contribution is 2.20. The van der Waals surface area contributed by atoms with E-state index in [2.05, 4.69) is 14.9 Å². The van der Waals surface area contributed by atoms with Crippen LogP contribution >= 0.6 is 0 Å². The van der Waals surface area contributed by atoms with Crippen molar-refractivity contribution in [3.8, 4) is 0 Å². The molecule has 0 saturated carbocycles. The van der Waals surface area contributed by atoms with Gasteiger partial charge in [-0.05, 0) is 32.8 Å². The molecule has 1 aromatic heterocycles. The maximum absolute atomic E-state index is 12.7. The van der Waals surface area contributed by atoms with Crippen LogP contribution in [0.2, 0.25) is 0 Å². The summed E-state index contributed by atoms with van der Waals surface area (Å²) in [6, 6.07) is 2.28. The maximum atomic E-state index is 12.7. The number of ether oxygens (including phenoxy) is 1. The molecule has 2 aliphatic rings. The molecule has 0 bridgehead atoms. The van der Waals surface area contributed by atoms with E-state index in [0.29, 0.717) is 26.3 Å². The number of piperidine rings is 1. The molecule has 7 heteroatoms. The molecule has 0 spiro atoms. The third-order valence-corrected chi connectivity index (χ3v) is 4.78. The molecule has 132 valence electrons. The van der Waals surface area contributed by atoms with Crippen molar-refractivity contribution in [2.45, 2.75) is 32.7 Å². The lowest BCUT2D eigenvalue weighted by Gasteiger charge is -2.40. The monoisotopic (exact) mass is 333 g/mol. The van der Waals surface area contributed by atoms with Gasteiger partial charge in [-0.1, -0.05) is 0 Å². The van der Waals surface area contributed by atoms with E-state index in [4.69, 9.17) is 4.74 Å². The number of hydrogen-bond acceptors (Lipinski definition) is 5. The summed E-state index contributed by atoms with van der Waals surface area (Å²) in [5.41, 5.74) is 1.97. The van der Waals surface area contributed by atoms with E-state index in [0.717, 1.165) is 43.3 Å². The fraction of sp³-hybridized carbons (Fsp3) is 0.706. The first-order valence-electron chi connectivity index (χ1n) is 8.71. The highest BCUT2D eigenvalue weighted by atomic mass is 16.5. The Morgan fingerprint density at radius 3 is 2.54 bits per heavy atom. The predicted molar refractivity (Wildman–Crippen MR) is 92.3 cm³/mol. The number of amides is 2. The Labute approximate surface area is 143 Å². The normalized spacial score (nSPS) is 21.7. The van der Waals surface area contributed by atoms with Crippen molar-refractivity contribution in [1.29, 1.82) is 0 Å². The minimum Gasteiger partial charge on any atom is -0.378 e. The van der Waals surface area contributed by atoms with E-state index >= 15 is 0 Å². The molecule has 0 aliphatic carbocycles. The second kappa shape index (κ2) is 7.34. The number of carbonyl (C=O) groups is 1. The zero-order valence-electron chi connectivity index (χ0n) is 14.9. The summed E-state index contributed by atoms with van der Waals surface area (Å²) in [5.74, 6) is 0.782. The summed E-state index contributed by atoms with van der Waals surface area (Å²) >= 11 is 0. The second-order valence-electron chi connectivity index (χ2n) is 6.69. The molecule has 1 unspecified atom stereocenters. The van der Waals surface area contributed by atoms with E-state index in [9.17, 15) is 4.79 Å². The standard InChI is InChI=1S/C17H27N5O2/c1-13-11-14(2)19-16(18-13)22-6-4-5-15(12-22)20(3)17(23)21-7-9-24-10-8-21/h11,15H,4-10,12H2,1-3H3. The van der Waals surface area contributed by atoms with Gasteiger partial charge < -0.3 is 19.4 Å². The lowest BCUT2D eigenvalue weighted by atomic mass is 10.0. The molecule has 0 N–H and O–H groups in total. The summed E-state index contributed by atoms with van der Waals surface area (Å²) in [5, 5.41) is 0. The SMILES string of the molecule is Cc1cc(C)nc(N2CCCC(N(C)C(=O)N3CCOCC3)C2)n1. The second-order valence-corrected chi connectivity index (χ2v) is 6.69. The lowest BCUT2D eigenvalue weighted by Crippen LogP contribution is -2.54. The van der Waals surface area contributed by atoms with Gasteiger partial charge in [0.05, 0.1) is 19.3 Å². The molecule has 2 aliphatic heterocycles. The van der Waals surface area contributed by atoms with Gasteiger partial charge in [-0.2, -0.15) is 0 Å². The van der Waals surface area contributed by atoms with Gasteiger partial charge in [0.15, 0.2) is 0 Å². The molecule has 1 aromatic rings. The number of morpholine rings is 1. The number of nitrogens with zero attached hydrogens (tertiary/aromatic N) is 5. The number of urea groups is 1. The Morgan fingerprint density at radius 1 is 1.21 bits per heavy atom. The fourth-order valence-electron chi connectivity index (χ4n) is 3.44. The van der Waals surface area contributed by atoms with E-state index < -0.39 is 0 Å². The van der Waals surface area contributed by atoms with E-state index in [1.807, 2.05) is 36.8 Å². The van der Waals surface area contributed by atoms with Crippen LogP contribution in [0.4, 0.5) is 10.7 Å². The summed E-state index contributed by atoms with van der Waals surface area (Å²) in [6.45, 7) is 8.34. The number of carbonyl (C=O) groups excluding carboxylic acids is 1. The van der Waals surface area contributed by atoms with Crippen LogP contribution in [0, 0.1) is 13.8 Å². The molecule has 24 heavy (non-hydrogen) atoms. The van der Waals surface area contributed by atoms with Crippen LogP contribution in [-0.2, 0) is 4.74 Å². The van der Waals surface area contributed by atoms with Crippen LogP contribution in [0.3, 0.4) is 0 Å². The summed E-state index contributed by atoms with van der Waals surface area (Å²) in [4.78, 5) is 27.8. The van der Waals surface area contributed by atoms with Gasteiger partial charge in [0.2, 0.25) is 5.95 Å². The van der Waals surface area contributed by atoms with Gasteiger partial charge in [0.1, 0.15) is 0 Å². The topological polar surface area (TPSA) is 61.8 Å². The number of aromatic nitrogens is 2. The van der Waals surface area contributed by atoms with Gasteiger partial charge in [0.25, 0.3) is 0 Å². The van der Waals surface area contributed by atoms with Crippen molar-refractivity contribution in [2.75, 3.05) is 51.3 Å². The summed E-state index contributed by atoms with van der Waals surface area (Å²) < 4.78 is 5.34. The Kier molecular flexibility index (Phi) is 5.18. The van der Waals surface area contributed by atoms with Gasteiger partial charge in [0, 0.05) is 44.6 Å². The Morgan fingerprint density at radius 2 is 1.88 bits per heavy atom. The summed E-state index contributed by atoms with van der Waals surface area (Å²) in [6.07, 6.45) is 2.07. The van der Waals surface area contributed by atoms with Crippen LogP contribution in [0.5, 0.6) is 0 Å². The van der Waals surface area contributed by atoms with E-state index in [1.54, 1.807) is 0 Å². The summed E-state index contributed by atoms with van der Waals surface area (Å²) in [7, 11) is 1.91. The maximum Gasteiger partial charge on any atom is 0.320 e. The van der Waals surface area contributed by atoms with Crippen LogP contribution in [0.1, 0.15) is 24.2 Å². The molecule has 3 heterocycles. The average Bonchev–Trinajstić information content (AvgIpc) is 2.60.